The first kappa shape index (κ1) is 9.19. The molecular weight excluding hydrogens is 223 g/mol. The van der Waals surface area contributed by atoms with E-state index in [0.29, 0.717) is 10.9 Å². The van der Waals surface area contributed by atoms with Crippen LogP contribution in [0.25, 0.3) is 0 Å². The molecular formula is C8H8BrFN2. The van der Waals surface area contributed by atoms with Crippen molar-refractivity contribution in [1.82, 2.24) is 0 Å². The van der Waals surface area contributed by atoms with Gasteiger partial charge in [0.1, 0.15) is 5.82 Å². The van der Waals surface area contributed by atoms with E-state index in [1.54, 1.807) is 12.1 Å². The average molecular weight is 231 g/mol. The van der Waals surface area contributed by atoms with Gasteiger partial charge in [-0.3, -0.25) is 0 Å². The highest BCUT2D eigenvalue weighted by Crippen LogP contribution is 2.11. The van der Waals surface area contributed by atoms with Crippen molar-refractivity contribution in [3.63, 3.8) is 0 Å². The fourth-order valence-electron chi connectivity index (χ4n) is 0.856. The van der Waals surface area contributed by atoms with Crippen LogP contribution in [0.5, 0.6) is 0 Å². The van der Waals surface area contributed by atoms with Gasteiger partial charge in [-0.15, -0.1) is 0 Å². The van der Waals surface area contributed by atoms with Crippen molar-refractivity contribution in [1.29, 1.82) is 0 Å². The molecule has 0 aromatic heterocycles. The number of hydrogen-bond donors (Lipinski definition) is 1. The van der Waals surface area contributed by atoms with Crippen LogP contribution < -0.4 is 5.84 Å². The van der Waals surface area contributed by atoms with Crippen LogP contribution >= 0.6 is 15.9 Å². The zero-order valence-corrected chi connectivity index (χ0v) is 7.88. The summed E-state index contributed by atoms with van der Waals surface area (Å²) in [5.41, 5.74) is 1.40. The van der Waals surface area contributed by atoms with Crippen LogP contribution in [-0.2, 0) is 5.33 Å². The van der Waals surface area contributed by atoms with Crippen LogP contribution in [-0.4, -0.2) is 6.21 Å². The van der Waals surface area contributed by atoms with E-state index in [4.69, 9.17) is 5.84 Å². The maximum atomic E-state index is 12.9. The Labute approximate surface area is 78.4 Å². The maximum Gasteiger partial charge on any atom is 0.132 e. The van der Waals surface area contributed by atoms with Crippen molar-refractivity contribution in [3.05, 3.63) is 35.1 Å². The number of nitrogens with two attached hydrogens (primary N) is 1. The van der Waals surface area contributed by atoms with E-state index < -0.39 is 0 Å². The quantitative estimate of drug-likeness (QED) is 0.359. The third-order valence-corrected chi connectivity index (χ3v) is 2.08. The monoisotopic (exact) mass is 230 g/mol. The van der Waals surface area contributed by atoms with Crippen LogP contribution in [0.2, 0.25) is 0 Å². The average Bonchev–Trinajstić information content (AvgIpc) is 2.09. The molecule has 0 heterocycles. The SMILES string of the molecule is NN=Cc1cc(CBr)ccc1F. The summed E-state index contributed by atoms with van der Waals surface area (Å²) in [6, 6.07) is 4.80. The first-order valence-corrected chi connectivity index (χ1v) is 4.47. The molecule has 1 aromatic carbocycles. The van der Waals surface area contributed by atoms with Crippen molar-refractivity contribution < 1.29 is 4.39 Å². The highest BCUT2D eigenvalue weighted by molar-refractivity contribution is 9.08. The lowest BCUT2D eigenvalue weighted by Crippen LogP contribution is -1.92. The number of alkyl halides is 1. The Morgan fingerprint density at radius 1 is 1.58 bits per heavy atom. The molecule has 0 bridgehead atoms. The van der Waals surface area contributed by atoms with Crippen molar-refractivity contribution >= 4 is 22.1 Å². The predicted octanol–water partition coefficient (Wildman–Crippen LogP) is 2.01. The van der Waals surface area contributed by atoms with E-state index in [1.165, 1.54) is 12.3 Å². The number of nitrogens with zero attached hydrogens (tertiary/aromatic N) is 1. The van der Waals surface area contributed by atoms with E-state index in [1.807, 2.05) is 0 Å². The molecule has 0 spiro atoms. The Kier molecular flexibility index (Phi) is 3.22. The summed E-state index contributed by atoms with van der Waals surface area (Å²) in [7, 11) is 0. The molecule has 0 aliphatic heterocycles. The van der Waals surface area contributed by atoms with E-state index in [0.717, 1.165) is 5.56 Å². The zero-order valence-electron chi connectivity index (χ0n) is 6.30. The van der Waals surface area contributed by atoms with E-state index in [-0.39, 0.29) is 5.82 Å². The van der Waals surface area contributed by atoms with Crippen molar-refractivity contribution in [2.24, 2.45) is 10.9 Å². The summed E-state index contributed by atoms with van der Waals surface area (Å²) in [5.74, 6) is 4.60. The number of halogens is 2. The lowest BCUT2D eigenvalue weighted by molar-refractivity contribution is 0.625. The summed E-state index contributed by atoms with van der Waals surface area (Å²) < 4.78 is 12.9. The summed E-state index contributed by atoms with van der Waals surface area (Å²) in [5, 5.41) is 3.96. The molecule has 1 aromatic rings. The molecule has 64 valence electrons. The van der Waals surface area contributed by atoms with Crippen LogP contribution in [0.4, 0.5) is 4.39 Å². The zero-order chi connectivity index (χ0) is 8.97. The molecule has 0 unspecified atom stereocenters. The first-order valence-electron chi connectivity index (χ1n) is 3.35. The molecule has 0 radical (unpaired) electrons. The Bertz CT molecular complexity index is 299. The maximum absolute atomic E-state index is 12.9. The third kappa shape index (κ3) is 2.04. The molecule has 0 atom stereocenters. The second-order valence-electron chi connectivity index (χ2n) is 2.27. The highest BCUT2D eigenvalue weighted by atomic mass is 79.9. The Morgan fingerprint density at radius 2 is 2.33 bits per heavy atom. The third-order valence-electron chi connectivity index (χ3n) is 1.43. The van der Waals surface area contributed by atoms with Gasteiger partial charge in [0.2, 0.25) is 0 Å². The summed E-state index contributed by atoms with van der Waals surface area (Å²) >= 11 is 3.27. The molecule has 0 aliphatic rings. The fraction of sp³-hybridized carbons (Fsp3) is 0.125. The van der Waals surface area contributed by atoms with Crippen molar-refractivity contribution in [2.75, 3.05) is 0 Å². The van der Waals surface area contributed by atoms with Gasteiger partial charge in [-0.05, 0) is 17.7 Å². The van der Waals surface area contributed by atoms with Crippen molar-refractivity contribution in [2.45, 2.75) is 5.33 Å². The normalized spacial score (nSPS) is 10.8. The van der Waals surface area contributed by atoms with E-state index in [2.05, 4.69) is 21.0 Å². The molecule has 2 nitrogen and oxygen atoms in total. The van der Waals surface area contributed by atoms with Crippen LogP contribution in [0.3, 0.4) is 0 Å². The Hall–Kier alpha value is -0.900. The van der Waals surface area contributed by atoms with Crippen molar-refractivity contribution in [3.8, 4) is 0 Å². The Balaban J connectivity index is 3.08. The number of benzene rings is 1. The molecule has 0 aliphatic carbocycles. The van der Waals surface area contributed by atoms with Gasteiger partial charge in [-0.1, -0.05) is 22.0 Å². The minimum absolute atomic E-state index is 0.311. The largest absolute Gasteiger partial charge is 0.323 e. The minimum Gasteiger partial charge on any atom is -0.323 e. The molecule has 12 heavy (non-hydrogen) atoms. The summed E-state index contributed by atoms with van der Waals surface area (Å²) in [6.45, 7) is 0. The lowest BCUT2D eigenvalue weighted by atomic mass is 10.1. The minimum atomic E-state index is -0.311. The van der Waals surface area contributed by atoms with Gasteiger partial charge in [0, 0.05) is 10.9 Å². The smallest absolute Gasteiger partial charge is 0.132 e. The van der Waals surface area contributed by atoms with Gasteiger partial charge in [-0.2, -0.15) is 5.10 Å². The molecule has 2 N–H and O–H groups in total. The molecule has 1 rings (SSSR count). The summed E-state index contributed by atoms with van der Waals surface area (Å²) in [6.07, 6.45) is 1.29. The molecule has 0 fully saturated rings. The topological polar surface area (TPSA) is 38.4 Å². The van der Waals surface area contributed by atoms with Gasteiger partial charge in [0.15, 0.2) is 0 Å². The summed E-state index contributed by atoms with van der Waals surface area (Å²) in [4.78, 5) is 0. The molecule has 4 heteroatoms. The van der Waals surface area contributed by atoms with Gasteiger partial charge in [0.25, 0.3) is 0 Å². The van der Waals surface area contributed by atoms with Gasteiger partial charge < -0.3 is 5.84 Å². The van der Waals surface area contributed by atoms with Crippen LogP contribution in [0, 0.1) is 5.82 Å². The number of hydrogen-bond acceptors (Lipinski definition) is 2. The second-order valence-corrected chi connectivity index (χ2v) is 2.83. The van der Waals surface area contributed by atoms with Crippen LogP contribution in [0.1, 0.15) is 11.1 Å². The number of hydrazone groups is 1. The highest BCUT2D eigenvalue weighted by Gasteiger charge is 1.99. The van der Waals surface area contributed by atoms with E-state index in [9.17, 15) is 4.39 Å². The lowest BCUT2D eigenvalue weighted by Gasteiger charge is -1.98. The Morgan fingerprint density at radius 3 is 2.92 bits per heavy atom. The first-order chi connectivity index (χ1) is 5.77. The second kappa shape index (κ2) is 4.21. The van der Waals surface area contributed by atoms with E-state index >= 15 is 0 Å². The fourth-order valence-corrected chi connectivity index (χ4v) is 1.20. The number of rotatable bonds is 2. The van der Waals surface area contributed by atoms with Gasteiger partial charge >= 0.3 is 0 Å². The van der Waals surface area contributed by atoms with Crippen LogP contribution in [0.15, 0.2) is 23.3 Å². The van der Waals surface area contributed by atoms with Gasteiger partial charge in [0.05, 0.1) is 6.21 Å². The predicted molar refractivity (Wildman–Crippen MR) is 50.8 cm³/mol. The molecule has 0 amide bonds. The molecule has 0 saturated carbocycles. The standard InChI is InChI=1S/C8H8BrFN2/c9-4-6-1-2-8(10)7(3-6)5-12-11/h1-3,5H,4,11H2. The molecule has 0 saturated heterocycles. The van der Waals surface area contributed by atoms with Gasteiger partial charge in [-0.25, -0.2) is 4.39 Å².